The van der Waals surface area contributed by atoms with Crippen molar-refractivity contribution in [2.75, 3.05) is 6.54 Å². The van der Waals surface area contributed by atoms with E-state index in [1.54, 1.807) is 0 Å². The summed E-state index contributed by atoms with van der Waals surface area (Å²) < 4.78 is 38.8. The number of aryl methyl sites for hydroxylation is 1. The Morgan fingerprint density at radius 1 is 1.00 bits per heavy atom. The van der Waals surface area contributed by atoms with E-state index >= 15 is 0 Å². The van der Waals surface area contributed by atoms with Crippen LogP contribution in [0.15, 0.2) is 36.4 Å². The smallest absolute Gasteiger partial charge is 0.194 e. The average Bonchev–Trinajstić information content (AvgIpc) is 2.42. The van der Waals surface area contributed by atoms with Crippen molar-refractivity contribution in [3.05, 3.63) is 70.5 Å². The molecule has 0 aromatic heterocycles. The Morgan fingerprint density at radius 3 is 2.30 bits per heavy atom. The summed E-state index contributed by atoms with van der Waals surface area (Å²) in [4.78, 5) is 0. The van der Waals surface area contributed by atoms with Crippen LogP contribution < -0.4 is 5.32 Å². The van der Waals surface area contributed by atoms with E-state index in [4.69, 9.17) is 0 Å². The van der Waals surface area contributed by atoms with Crippen LogP contribution in [-0.2, 0) is 13.0 Å². The van der Waals surface area contributed by atoms with Gasteiger partial charge in [0.15, 0.2) is 17.5 Å². The predicted octanol–water partition coefficient (Wildman–Crippen LogP) is 3.74. The number of hydrogen-bond donors (Lipinski definition) is 1. The molecule has 0 amide bonds. The van der Waals surface area contributed by atoms with Gasteiger partial charge in [-0.3, -0.25) is 0 Å². The first-order valence-electron chi connectivity index (χ1n) is 6.46. The highest BCUT2D eigenvalue weighted by Gasteiger charge is 2.10. The molecule has 0 aliphatic rings. The second kappa shape index (κ2) is 6.57. The average molecular weight is 279 g/mol. The van der Waals surface area contributed by atoms with Crippen molar-refractivity contribution in [1.29, 1.82) is 0 Å². The summed E-state index contributed by atoms with van der Waals surface area (Å²) in [6, 6.07) is 10.1. The minimum Gasteiger partial charge on any atom is -0.312 e. The maximum Gasteiger partial charge on any atom is 0.194 e. The first-order valence-corrected chi connectivity index (χ1v) is 6.46. The molecule has 0 heterocycles. The van der Waals surface area contributed by atoms with E-state index in [9.17, 15) is 13.2 Å². The van der Waals surface area contributed by atoms with Gasteiger partial charge in [0.2, 0.25) is 0 Å². The summed E-state index contributed by atoms with van der Waals surface area (Å²) >= 11 is 0. The number of benzene rings is 2. The van der Waals surface area contributed by atoms with Gasteiger partial charge in [-0.2, -0.15) is 0 Å². The Bertz CT molecular complexity index is 573. The summed E-state index contributed by atoms with van der Waals surface area (Å²) in [6.07, 6.45) is 0.832. The quantitative estimate of drug-likeness (QED) is 0.649. The van der Waals surface area contributed by atoms with Gasteiger partial charge in [-0.25, -0.2) is 13.2 Å². The minimum atomic E-state index is -1.42. The molecule has 2 aromatic carbocycles. The Morgan fingerprint density at radius 2 is 1.65 bits per heavy atom. The second-order valence-electron chi connectivity index (χ2n) is 4.73. The topological polar surface area (TPSA) is 12.0 Å². The van der Waals surface area contributed by atoms with Crippen LogP contribution in [0.25, 0.3) is 0 Å². The molecule has 0 fully saturated rings. The molecule has 0 unspecified atom stereocenters. The van der Waals surface area contributed by atoms with Gasteiger partial charge >= 0.3 is 0 Å². The fourth-order valence-corrected chi connectivity index (χ4v) is 2.06. The molecule has 1 nitrogen and oxygen atoms in total. The third-order valence-electron chi connectivity index (χ3n) is 3.21. The molecule has 4 heteroatoms. The summed E-state index contributed by atoms with van der Waals surface area (Å²) in [5, 5.41) is 3.10. The Kier molecular flexibility index (Phi) is 4.79. The van der Waals surface area contributed by atoms with E-state index in [-0.39, 0.29) is 0 Å². The van der Waals surface area contributed by atoms with Crippen molar-refractivity contribution in [3.8, 4) is 0 Å². The lowest BCUT2D eigenvalue weighted by Crippen LogP contribution is -2.17. The molecular formula is C16H16F3N. The van der Waals surface area contributed by atoms with Gasteiger partial charge in [0.25, 0.3) is 0 Å². The summed E-state index contributed by atoms with van der Waals surface area (Å²) in [6.45, 7) is 3.03. The van der Waals surface area contributed by atoms with Gasteiger partial charge in [0, 0.05) is 6.54 Å². The summed E-state index contributed by atoms with van der Waals surface area (Å²) in [7, 11) is 0. The Labute approximate surface area is 116 Å². The summed E-state index contributed by atoms with van der Waals surface area (Å²) in [5.74, 6) is -3.73. The molecule has 1 N–H and O–H groups in total. The maximum atomic E-state index is 13.0. The van der Waals surface area contributed by atoms with E-state index in [2.05, 4.69) is 5.32 Å². The third kappa shape index (κ3) is 3.61. The van der Waals surface area contributed by atoms with Crippen molar-refractivity contribution in [2.45, 2.75) is 19.9 Å². The van der Waals surface area contributed by atoms with Gasteiger partial charge in [-0.15, -0.1) is 0 Å². The molecule has 0 aliphatic carbocycles. The fourth-order valence-electron chi connectivity index (χ4n) is 2.06. The lowest BCUT2D eigenvalue weighted by atomic mass is 10.1. The molecular weight excluding hydrogens is 263 g/mol. The fraction of sp³-hybridized carbons (Fsp3) is 0.250. The molecule has 0 aliphatic heterocycles. The normalized spacial score (nSPS) is 10.8. The van der Waals surface area contributed by atoms with Crippen LogP contribution >= 0.6 is 0 Å². The van der Waals surface area contributed by atoms with Crippen LogP contribution in [0.4, 0.5) is 13.2 Å². The lowest BCUT2D eigenvalue weighted by Gasteiger charge is -2.08. The van der Waals surface area contributed by atoms with Gasteiger partial charge in [0.1, 0.15) is 0 Å². The highest BCUT2D eigenvalue weighted by Crippen LogP contribution is 2.13. The molecule has 2 rings (SSSR count). The number of rotatable bonds is 5. The maximum absolute atomic E-state index is 13.0. The number of halogens is 3. The zero-order valence-corrected chi connectivity index (χ0v) is 11.2. The zero-order chi connectivity index (χ0) is 14.5. The van der Waals surface area contributed by atoms with Gasteiger partial charge in [0.05, 0.1) is 0 Å². The Hall–Kier alpha value is -1.81. The van der Waals surface area contributed by atoms with E-state index in [1.165, 1.54) is 11.1 Å². The Balaban J connectivity index is 1.86. The van der Waals surface area contributed by atoms with Gasteiger partial charge < -0.3 is 5.32 Å². The third-order valence-corrected chi connectivity index (χ3v) is 3.21. The van der Waals surface area contributed by atoms with Crippen molar-refractivity contribution in [2.24, 2.45) is 0 Å². The van der Waals surface area contributed by atoms with Crippen molar-refractivity contribution in [3.63, 3.8) is 0 Å². The predicted molar refractivity (Wildman–Crippen MR) is 72.9 cm³/mol. The van der Waals surface area contributed by atoms with E-state index in [1.807, 2.05) is 31.2 Å². The van der Waals surface area contributed by atoms with Crippen molar-refractivity contribution < 1.29 is 13.2 Å². The first kappa shape index (κ1) is 14.6. The molecule has 0 atom stereocenters. The molecule has 0 saturated heterocycles. The van der Waals surface area contributed by atoms with Crippen LogP contribution in [0, 0.1) is 24.4 Å². The molecule has 0 spiro atoms. The molecule has 2 aromatic rings. The SMILES string of the molecule is Cc1ccccc1CCNCc1cc(F)c(F)c(F)c1. The largest absolute Gasteiger partial charge is 0.312 e. The molecule has 0 bridgehead atoms. The number of hydrogen-bond acceptors (Lipinski definition) is 1. The number of nitrogens with one attached hydrogen (secondary N) is 1. The van der Waals surface area contributed by atoms with Crippen LogP contribution in [0.3, 0.4) is 0 Å². The van der Waals surface area contributed by atoms with Crippen molar-refractivity contribution in [1.82, 2.24) is 5.32 Å². The van der Waals surface area contributed by atoms with E-state index in [0.717, 1.165) is 18.6 Å². The van der Waals surface area contributed by atoms with Crippen molar-refractivity contribution >= 4 is 0 Å². The van der Waals surface area contributed by atoms with Crippen LogP contribution in [0.5, 0.6) is 0 Å². The standard InChI is InChI=1S/C16H16F3N/c1-11-4-2-3-5-13(11)6-7-20-10-12-8-14(17)16(19)15(18)9-12/h2-5,8-9,20H,6-7,10H2,1H3. The first-order chi connectivity index (χ1) is 9.58. The van der Waals surface area contributed by atoms with Gasteiger partial charge in [-0.05, 0) is 48.7 Å². The van der Waals surface area contributed by atoms with Crippen LogP contribution in [0.2, 0.25) is 0 Å². The summed E-state index contributed by atoms with van der Waals surface area (Å²) in [5.41, 5.74) is 2.84. The van der Waals surface area contributed by atoms with Gasteiger partial charge in [-0.1, -0.05) is 24.3 Å². The highest BCUT2D eigenvalue weighted by atomic mass is 19.2. The van der Waals surface area contributed by atoms with Crippen LogP contribution in [-0.4, -0.2) is 6.54 Å². The molecule has 0 saturated carbocycles. The molecule has 0 radical (unpaired) electrons. The second-order valence-corrected chi connectivity index (χ2v) is 4.73. The monoisotopic (exact) mass is 279 g/mol. The molecule has 106 valence electrons. The minimum absolute atomic E-state index is 0.306. The van der Waals surface area contributed by atoms with Crippen LogP contribution in [0.1, 0.15) is 16.7 Å². The highest BCUT2D eigenvalue weighted by molar-refractivity contribution is 5.25. The lowest BCUT2D eigenvalue weighted by molar-refractivity contribution is 0.444. The van der Waals surface area contributed by atoms with E-state index in [0.29, 0.717) is 18.7 Å². The van der Waals surface area contributed by atoms with E-state index < -0.39 is 17.5 Å². The zero-order valence-electron chi connectivity index (χ0n) is 11.2. The molecule has 20 heavy (non-hydrogen) atoms.